The third kappa shape index (κ3) is 3.54. The van der Waals surface area contributed by atoms with Crippen molar-refractivity contribution in [2.24, 2.45) is 46.3 Å². The Hall–Kier alpha value is -0.610. The molecule has 0 bridgehead atoms. The Balaban J connectivity index is 1.50. The van der Waals surface area contributed by atoms with Gasteiger partial charge in [0.15, 0.2) is 0 Å². The first-order valence-electron chi connectivity index (χ1n) is 12.7. The van der Waals surface area contributed by atoms with E-state index < -0.39 is 0 Å². The number of hydrogen-bond acceptors (Lipinski definition) is 4. The van der Waals surface area contributed by atoms with Crippen LogP contribution in [0.1, 0.15) is 91.9 Å². The number of hydrogen-bond donors (Lipinski definition) is 2. The van der Waals surface area contributed by atoms with Crippen molar-refractivity contribution >= 4 is 5.97 Å². The Kier molecular flexibility index (Phi) is 6.31. The van der Waals surface area contributed by atoms with E-state index in [0.29, 0.717) is 42.6 Å². The predicted octanol–water partition coefficient (Wildman–Crippen LogP) is 4.96. The molecule has 30 heavy (non-hydrogen) atoms. The van der Waals surface area contributed by atoms with Crippen molar-refractivity contribution in [3.8, 4) is 0 Å². The van der Waals surface area contributed by atoms with Gasteiger partial charge in [-0.05, 0) is 111 Å². The molecular formula is C26H44O4. The minimum absolute atomic E-state index is 0.0212. The first kappa shape index (κ1) is 22.6. The lowest BCUT2D eigenvalue weighted by Gasteiger charge is -2.62. The van der Waals surface area contributed by atoms with Crippen LogP contribution in [0.3, 0.4) is 0 Å². The molecule has 0 aromatic rings. The van der Waals surface area contributed by atoms with Gasteiger partial charge in [-0.2, -0.15) is 0 Å². The summed E-state index contributed by atoms with van der Waals surface area (Å²) in [7, 11) is 0. The normalized spacial score (nSPS) is 48.9. The van der Waals surface area contributed by atoms with E-state index in [0.717, 1.165) is 38.0 Å². The van der Waals surface area contributed by atoms with Gasteiger partial charge in [0.25, 0.3) is 0 Å². The summed E-state index contributed by atoms with van der Waals surface area (Å²) in [5.41, 5.74) is 0.269. The highest BCUT2D eigenvalue weighted by Gasteiger charge is 2.63. The van der Waals surface area contributed by atoms with Gasteiger partial charge in [0.1, 0.15) is 0 Å². The average molecular weight is 421 g/mol. The van der Waals surface area contributed by atoms with E-state index in [4.69, 9.17) is 4.74 Å². The lowest BCUT2D eigenvalue weighted by atomic mass is 9.43. The molecule has 10 atom stereocenters. The molecule has 4 nitrogen and oxygen atoms in total. The van der Waals surface area contributed by atoms with E-state index in [2.05, 4.69) is 20.8 Å². The van der Waals surface area contributed by atoms with Crippen LogP contribution in [0.2, 0.25) is 0 Å². The molecule has 4 aliphatic carbocycles. The van der Waals surface area contributed by atoms with E-state index in [1.165, 1.54) is 25.7 Å². The van der Waals surface area contributed by atoms with Crippen LogP contribution in [0.15, 0.2) is 0 Å². The third-order valence-corrected chi connectivity index (χ3v) is 10.6. The average Bonchev–Trinajstić information content (AvgIpc) is 3.07. The maximum atomic E-state index is 11.9. The topological polar surface area (TPSA) is 66.8 Å². The van der Waals surface area contributed by atoms with Gasteiger partial charge in [-0.1, -0.05) is 20.8 Å². The fourth-order valence-electron chi connectivity index (χ4n) is 8.94. The molecule has 4 heteroatoms. The summed E-state index contributed by atoms with van der Waals surface area (Å²) in [6.07, 6.45) is 9.88. The van der Waals surface area contributed by atoms with Crippen LogP contribution in [0, 0.1) is 46.3 Å². The van der Waals surface area contributed by atoms with Crippen LogP contribution < -0.4 is 0 Å². The summed E-state index contributed by atoms with van der Waals surface area (Å²) in [6, 6.07) is 0. The highest BCUT2D eigenvalue weighted by Crippen LogP contribution is 2.68. The van der Waals surface area contributed by atoms with Gasteiger partial charge in [-0.15, -0.1) is 0 Å². The van der Waals surface area contributed by atoms with Crippen LogP contribution >= 0.6 is 0 Å². The Bertz CT molecular complexity index is 635. The molecule has 4 fully saturated rings. The van der Waals surface area contributed by atoms with E-state index in [1.54, 1.807) is 0 Å². The summed E-state index contributed by atoms with van der Waals surface area (Å²) < 4.78 is 5.14. The summed E-state index contributed by atoms with van der Waals surface area (Å²) in [5.74, 6) is 3.39. The second kappa shape index (κ2) is 8.39. The highest BCUT2D eigenvalue weighted by molar-refractivity contribution is 5.69. The maximum absolute atomic E-state index is 11.9. The molecule has 0 aromatic carbocycles. The van der Waals surface area contributed by atoms with Crippen LogP contribution in [0.25, 0.3) is 0 Å². The third-order valence-electron chi connectivity index (χ3n) is 10.6. The second-order valence-electron chi connectivity index (χ2n) is 11.7. The number of rotatable bonds is 5. The maximum Gasteiger partial charge on any atom is 0.305 e. The predicted molar refractivity (Wildman–Crippen MR) is 118 cm³/mol. The molecule has 4 aliphatic rings. The Labute approximate surface area is 183 Å². The summed E-state index contributed by atoms with van der Waals surface area (Å²) in [4.78, 5) is 11.9. The largest absolute Gasteiger partial charge is 0.466 e. The number of aliphatic hydroxyl groups excluding tert-OH is 2. The number of fused-ring (bicyclic) bond motifs is 5. The van der Waals surface area contributed by atoms with Crippen LogP contribution in [0.5, 0.6) is 0 Å². The number of aliphatic hydroxyl groups is 2. The smallest absolute Gasteiger partial charge is 0.305 e. The Morgan fingerprint density at radius 3 is 2.57 bits per heavy atom. The van der Waals surface area contributed by atoms with Crippen LogP contribution in [-0.4, -0.2) is 35.0 Å². The van der Waals surface area contributed by atoms with Crippen LogP contribution in [-0.2, 0) is 9.53 Å². The molecule has 0 aromatic heterocycles. The fraction of sp³-hybridized carbons (Fsp3) is 0.962. The minimum atomic E-state index is -0.247. The monoisotopic (exact) mass is 420 g/mol. The van der Waals surface area contributed by atoms with E-state index in [1.807, 2.05) is 6.92 Å². The highest BCUT2D eigenvalue weighted by atomic mass is 16.5. The van der Waals surface area contributed by atoms with Crippen LogP contribution in [0.4, 0.5) is 0 Å². The van der Waals surface area contributed by atoms with Crippen molar-refractivity contribution in [2.45, 2.75) is 104 Å². The van der Waals surface area contributed by atoms with Gasteiger partial charge in [-0.25, -0.2) is 0 Å². The van der Waals surface area contributed by atoms with Crippen molar-refractivity contribution < 1.29 is 19.7 Å². The first-order valence-corrected chi connectivity index (χ1v) is 12.7. The lowest BCUT2D eigenvalue weighted by molar-refractivity contribution is -0.175. The minimum Gasteiger partial charge on any atom is -0.466 e. The van der Waals surface area contributed by atoms with Gasteiger partial charge in [0, 0.05) is 6.42 Å². The van der Waals surface area contributed by atoms with Gasteiger partial charge >= 0.3 is 5.97 Å². The molecule has 3 unspecified atom stereocenters. The van der Waals surface area contributed by atoms with Gasteiger partial charge in [0.2, 0.25) is 0 Å². The van der Waals surface area contributed by atoms with E-state index in [-0.39, 0.29) is 29.0 Å². The van der Waals surface area contributed by atoms with Gasteiger partial charge in [0.05, 0.1) is 18.8 Å². The van der Waals surface area contributed by atoms with E-state index in [9.17, 15) is 15.0 Å². The van der Waals surface area contributed by atoms with Gasteiger partial charge in [-0.3, -0.25) is 4.79 Å². The number of ether oxygens (including phenoxy) is 1. The molecule has 0 amide bonds. The molecule has 0 radical (unpaired) electrons. The summed E-state index contributed by atoms with van der Waals surface area (Å²) in [6.45, 7) is 9.45. The van der Waals surface area contributed by atoms with Crippen molar-refractivity contribution in [3.63, 3.8) is 0 Å². The molecular weight excluding hydrogens is 376 g/mol. The number of esters is 1. The molecule has 0 saturated heterocycles. The molecule has 172 valence electrons. The molecule has 4 rings (SSSR count). The summed E-state index contributed by atoms with van der Waals surface area (Å²) >= 11 is 0. The molecule has 2 N–H and O–H groups in total. The van der Waals surface area contributed by atoms with Crippen molar-refractivity contribution in [2.75, 3.05) is 6.61 Å². The molecule has 4 saturated carbocycles. The van der Waals surface area contributed by atoms with Crippen molar-refractivity contribution in [1.82, 2.24) is 0 Å². The zero-order valence-electron chi connectivity index (χ0n) is 19.6. The van der Waals surface area contributed by atoms with Crippen molar-refractivity contribution in [1.29, 1.82) is 0 Å². The second-order valence-corrected chi connectivity index (χ2v) is 11.7. The number of carbonyl (C=O) groups is 1. The molecule has 0 heterocycles. The zero-order chi connectivity index (χ0) is 21.7. The summed E-state index contributed by atoms with van der Waals surface area (Å²) in [5, 5.41) is 21.8. The Morgan fingerprint density at radius 2 is 1.83 bits per heavy atom. The zero-order valence-corrected chi connectivity index (χ0v) is 19.6. The van der Waals surface area contributed by atoms with Gasteiger partial charge < -0.3 is 14.9 Å². The molecule has 0 spiro atoms. The standard InChI is InChI=1S/C26H44O4/c1-5-30-24(29)11-6-16(2)20-9-10-21-19-8-7-17-14-18(27)12-13-25(17,3)22(19)15-23(28)26(20,21)4/h16-23,27-28H,5-15H2,1-4H3/t16-,17?,18+,19?,20?,21-,22-,23-,25-,26+/m0/s1. The quantitative estimate of drug-likeness (QED) is 0.617. The van der Waals surface area contributed by atoms with E-state index >= 15 is 0 Å². The Morgan fingerprint density at radius 1 is 1.07 bits per heavy atom. The number of carbonyl (C=O) groups excluding carboxylic acids is 1. The SMILES string of the molecule is CCOC(=O)CC[C@H](C)C1CC[C@H]2C3CCC4C[C@H](O)CC[C@]4(C)[C@H]3C[C@H](O)[C@]12C. The lowest BCUT2D eigenvalue weighted by Crippen LogP contribution is -2.58. The first-order chi connectivity index (χ1) is 14.2. The fourth-order valence-corrected chi connectivity index (χ4v) is 8.94. The van der Waals surface area contributed by atoms with Crippen molar-refractivity contribution in [3.05, 3.63) is 0 Å². The molecule has 0 aliphatic heterocycles.